The zero-order valence-corrected chi connectivity index (χ0v) is 19.5. The molecule has 1 aliphatic heterocycles. The Hall–Kier alpha value is -1.49. The number of hydrogen-bond acceptors (Lipinski definition) is 7. The van der Waals surface area contributed by atoms with E-state index in [1.54, 1.807) is 17.3 Å². The Kier molecular flexibility index (Phi) is 6.19. The summed E-state index contributed by atoms with van der Waals surface area (Å²) < 4.78 is 37.5. The second-order valence-corrected chi connectivity index (χ2v) is 11.3. The van der Waals surface area contributed by atoms with Gasteiger partial charge in [0.2, 0.25) is 10.0 Å². The number of carbonyl (C=O) groups is 1. The summed E-state index contributed by atoms with van der Waals surface area (Å²) >= 11 is 5.92. The number of aromatic nitrogens is 2. The van der Waals surface area contributed by atoms with E-state index in [0.717, 1.165) is 37.8 Å². The Morgan fingerprint density at radius 3 is 2.68 bits per heavy atom. The van der Waals surface area contributed by atoms with Crippen molar-refractivity contribution < 1.29 is 22.7 Å². The van der Waals surface area contributed by atoms with Crippen molar-refractivity contribution in [1.82, 2.24) is 19.6 Å². The molecule has 9 nitrogen and oxygen atoms in total. The van der Waals surface area contributed by atoms with Crippen molar-refractivity contribution in [3.05, 3.63) is 23.2 Å². The summed E-state index contributed by atoms with van der Waals surface area (Å²) in [6, 6.07) is -0.970. The fourth-order valence-corrected chi connectivity index (χ4v) is 6.27. The topological polar surface area (TPSA) is 111 Å². The van der Waals surface area contributed by atoms with E-state index in [4.69, 9.17) is 21.1 Å². The van der Waals surface area contributed by atoms with Gasteiger partial charge in [-0.05, 0) is 44.9 Å². The molecule has 1 saturated heterocycles. The van der Waals surface area contributed by atoms with E-state index in [0.29, 0.717) is 17.4 Å². The minimum Gasteiger partial charge on any atom is -0.453 e. The highest BCUT2D eigenvalue weighted by molar-refractivity contribution is 7.88. The number of methoxy groups -OCH3 is 1. The smallest absolute Gasteiger partial charge is 0.410 e. The minimum absolute atomic E-state index is 0.0325. The van der Waals surface area contributed by atoms with Gasteiger partial charge in [0.05, 0.1) is 37.1 Å². The van der Waals surface area contributed by atoms with Gasteiger partial charge in [-0.3, -0.25) is 4.90 Å². The van der Waals surface area contributed by atoms with Crippen LogP contribution in [0, 0.1) is 5.92 Å². The molecule has 0 radical (unpaired) electrons. The molecule has 3 fully saturated rings. The molecular formula is C20H29ClN4O5S. The number of nitrogens with one attached hydrogen (secondary N) is 1. The lowest BCUT2D eigenvalue weighted by Gasteiger charge is -2.32. The molecule has 6 atom stereocenters. The van der Waals surface area contributed by atoms with Gasteiger partial charge in [0.1, 0.15) is 5.82 Å². The normalized spacial score (nSPS) is 35.0. The predicted molar refractivity (Wildman–Crippen MR) is 114 cm³/mol. The monoisotopic (exact) mass is 472 g/mol. The Labute approximate surface area is 187 Å². The van der Waals surface area contributed by atoms with Crippen molar-refractivity contribution in [3.63, 3.8) is 0 Å². The van der Waals surface area contributed by atoms with Gasteiger partial charge in [0.25, 0.3) is 0 Å². The molecule has 2 unspecified atom stereocenters. The van der Waals surface area contributed by atoms with Crippen LogP contribution in [0.15, 0.2) is 12.4 Å². The number of carbonyl (C=O) groups excluding carboxylic acids is 1. The van der Waals surface area contributed by atoms with Crippen LogP contribution in [-0.4, -0.2) is 73.6 Å². The first-order valence-electron chi connectivity index (χ1n) is 10.6. The van der Waals surface area contributed by atoms with E-state index in [-0.39, 0.29) is 24.2 Å². The molecule has 1 aromatic heterocycles. The lowest BCUT2D eigenvalue weighted by molar-refractivity contribution is -0.0103. The number of halogens is 1. The summed E-state index contributed by atoms with van der Waals surface area (Å²) in [5, 5.41) is 0.535. The fraction of sp³-hybridized carbons (Fsp3) is 0.750. The van der Waals surface area contributed by atoms with Crippen LogP contribution in [0.5, 0.6) is 0 Å². The molecule has 2 saturated carbocycles. The van der Waals surface area contributed by atoms with Crippen molar-refractivity contribution >= 4 is 27.7 Å². The largest absolute Gasteiger partial charge is 0.453 e. The lowest BCUT2D eigenvalue weighted by atomic mass is 9.86. The second kappa shape index (κ2) is 8.46. The molecule has 1 amide bonds. The molecule has 0 aromatic carbocycles. The molecule has 0 bridgehead atoms. The van der Waals surface area contributed by atoms with Crippen LogP contribution in [0.1, 0.15) is 44.9 Å². The first-order valence-corrected chi connectivity index (χ1v) is 12.8. The van der Waals surface area contributed by atoms with Crippen LogP contribution in [0.2, 0.25) is 5.02 Å². The number of amides is 1. The molecular weight excluding hydrogens is 444 g/mol. The third kappa shape index (κ3) is 4.67. The van der Waals surface area contributed by atoms with Gasteiger partial charge < -0.3 is 9.47 Å². The fourth-order valence-electron chi connectivity index (χ4n) is 5.37. The van der Waals surface area contributed by atoms with E-state index in [1.807, 2.05) is 6.92 Å². The van der Waals surface area contributed by atoms with Crippen LogP contribution >= 0.6 is 11.6 Å². The highest BCUT2D eigenvalue weighted by Gasteiger charge is 2.60. The number of nitrogens with zero attached hydrogens (tertiary/aromatic N) is 3. The highest BCUT2D eigenvalue weighted by Crippen LogP contribution is 2.61. The SMILES string of the molecule is COC(=O)N1[C@H](C)C[C@H](NS(C)(=O)=O)[C@@H]1CO[C@H]1CCC2(c3ncc(Cl)cn3)CC2C1. The Morgan fingerprint density at radius 1 is 1.35 bits per heavy atom. The first kappa shape index (κ1) is 22.7. The number of rotatable bonds is 6. The lowest BCUT2D eigenvalue weighted by Crippen LogP contribution is -2.50. The number of likely N-dealkylation sites (tertiary alicyclic amines) is 1. The molecule has 1 N–H and O–H groups in total. The van der Waals surface area contributed by atoms with E-state index in [2.05, 4.69) is 14.7 Å². The Balaban J connectivity index is 1.39. The van der Waals surface area contributed by atoms with Crippen LogP contribution < -0.4 is 4.72 Å². The molecule has 11 heteroatoms. The zero-order chi connectivity index (χ0) is 22.4. The van der Waals surface area contributed by atoms with E-state index in [9.17, 15) is 13.2 Å². The summed E-state index contributed by atoms with van der Waals surface area (Å²) in [6.45, 7) is 2.15. The Morgan fingerprint density at radius 2 is 2.06 bits per heavy atom. The standard InChI is InChI=1S/C20H29ClN4O5S/c1-12-6-16(24-31(3,27)28)17(25(12)19(26)29-2)11-30-15-4-5-20(8-13(20)7-15)18-22-9-14(21)10-23-18/h9-10,12-13,15-17,24H,4-8,11H2,1-3H3/t12-,13?,15+,16+,17+,20?/m1/s1. The highest BCUT2D eigenvalue weighted by atomic mass is 35.5. The molecule has 0 spiro atoms. The van der Waals surface area contributed by atoms with Crippen LogP contribution in [0.3, 0.4) is 0 Å². The van der Waals surface area contributed by atoms with Gasteiger partial charge in [0, 0.05) is 29.9 Å². The number of hydrogen-bond donors (Lipinski definition) is 1. The van der Waals surface area contributed by atoms with Gasteiger partial charge in [-0.2, -0.15) is 0 Å². The van der Waals surface area contributed by atoms with Gasteiger partial charge in [-0.1, -0.05) is 11.6 Å². The van der Waals surface area contributed by atoms with Crippen LogP contribution in [0.4, 0.5) is 4.79 Å². The maximum atomic E-state index is 12.3. The number of ether oxygens (including phenoxy) is 2. The Bertz CT molecular complexity index is 930. The maximum Gasteiger partial charge on any atom is 0.410 e. The first-order chi connectivity index (χ1) is 14.6. The van der Waals surface area contributed by atoms with Crippen molar-refractivity contribution in [2.24, 2.45) is 5.92 Å². The maximum absolute atomic E-state index is 12.3. The van der Waals surface area contributed by atoms with Crippen molar-refractivity contribution in [2.75, 3.05) is 20.0 Å². The molecule has 2 aliphatic carbocycles. The predicted octanol–water partition coefficient (Wildman–Crippen LogP) is 2.10. The molecule has 172 valence electrons. The second-order valence-electron chi connectivity index (χ2n) is 9.04. The van der Waals surface area contributed by atoms with E-state index in [1.165, 1.54) is 7.11 Å². The molecule has 2 heterocycles. The van der Waals surface area contributed by atoms with Gasteiger partial charge in [0.15, 0.2) is 0 Å². The number of fused-ring (bicyclic) bond motifs is 1. The van der Waals surface area contributed by atoms with Crippen molar-refractivity contribution in [2.45, 2.75) is 68.7 Å². The van der Waals surface area contributed by atoms with Crippen molar-refractivity contribution in [3.8, 4) is 0 Å². The summed E-state index contributed by atoms with van der Waals surface area (Å²) in [5.41, 5.74) is 0.0325. The van der Waals surface area contributed by atoms with Gasteiger partial charge >= 0.3 is 6.09 Å². The minimum atomic E-state index is -3.41. The van der Waals surface area contributed by atoms with Gasteiger partial charge in [-0.25, -0.2) is 27.9 Å². The summed E-state index contributed by atoms with van der Waals surface area (Å²) in [6.07, 6.45) is 8.28. The quantitative estimate of drug-likeness (QED) is 0.674. The number of sulfonamides is 1. The zero-order valence-electron chi connectivity index (χ0n) is 18.0. The average Bonchev–Trinajstić information content (AvgIpc) is 3.36. The van der Waals surface area contributed by atoms with E-state index < -0.39 is 28.2 Å². The van der Waals surface area contributed by atoms with Crippen molar-refractivity contribution in [1.29, 1.82) is 0 Å². The third-order valence-electron chi connectivity index (χ3n) is 6.90. The molecule has 1 aromatic rings. The summed E-state index contributed by atoms with van der Waals surface area (Å²) in [5.74, 6) is 1.33. The van der Waals surface area contributed by atoms with Gasteiger partial charge in [-0.15, -0.1) is 0 Å². The van der Waals surface area contributed by atoms with Crippen LogP contribution in [0.25, 0.3) is 0 Å². The molecule has 31 heavy (non-hydrogen) atoms. The third-order valence-corrected chi connectivity index (χ3v) is 7.83. The summed E-state index contributed by atoms with van der Waals surface area (Å²) in [7, 11) is -2.08. The van der Waals surface area contributed by atoms with Crippen LogP contribution in [-0.2, 0) is 24.9 Å². The molecule has 4 rings (SSSR count). The average molecular weight is 473 g/mol. The van der Waals surface area contributed by atoms with E-state index >= 15 is 0 Å². The molecule has 3 aliphatic rings. The summed E-state index contributed by atoms with van der Waals surface area (Å²) in [4.78, 5) is 22.8.